The number of ether oxygens (including phenoxy) is 1. The number of aromatic amines is 1. The van der Waals surface area contributed by atoms with Crippen LogP contribution in [0, 0.1) is 4.77 Å². The number of hydrogen-bond donors (Lipinski definition) is 1. The second kappa shape index (κ2) is 9.30. The number of amides is 1. The van der Waals surface area contributed by atoms with Crippen LogP contribution in [-0.4, -0.2) is 33.5 Å². The average molecular weight is 476 g/mol. The lowest BCUT2D eigenvalue weighted by Gasteiger charge is -2.25. The van der Waals surface area contributed by atoms with Crippen molar-refractivity contribution in [3.63, 3.8) is 0 Å². The summed E-state index contributed by atoms with van der Waals surface area (Å²) in [6.45, 7) is 3.51. The van der Waals surface area contributed by atoms with Crippen LogP contribution in [0.25, 0.3) is 10.9 Å². The first-order valence-corrected chi connectivity index (χ1v) is 11.8. The van der Waals surface area contributed by atoms with E-state index in [1.807, 2.05) is 36.1 Å². The topological polar surface area (TPSA) is 80.5 Å². The van der Waals surface area contributed by atoms with E-state index in [2.05, 4.69) is 4.98 Å². The number of benzene rings is 2. The number of aromatic nitrogens is 2. The first-order valence-electron chi connectivity index (χ1n) is 11.4. The predicted octanol–water partition coefficient (Wildman–Crippen LogP) is 5.08. The first kappa shape index (κ1) is 22.2. The number of likely N-dealkylation sites (tertiary alicyclic amines) is 1. The zero-order valence-corrected chi connectivity index (χ0v) is 19.6. The van der Waals surface area contributed by atoms with Gasteiger partial charge < -0.3 is 19.0 Å². The van der Waals surface area contributed by atoms with Crippen molar-refractivity contribution in [3.8, 4) is 5.75 Å². The van der Waals surface area contributed by atoms with Crippen molar-refractivity contribution in [1.29, 1.82) is 0 Å². The second-order valence-electron chi connectivity index (χ2n) is 8.32. The molecule has 1 fully saturated rings. The molecule has 1 aliphatic rings. The molecular formula is C26H25N3O4S. The number of fused-ring (bicyclic) bond motifs is 1. The SMILES string of the molecule is CCOc1ccc([C@@H]2CCCN2C(=O)c2ccc3c(=O)n(Cc4ccco4)c(=S)[nH]c3c2)cc1. The Morgan fingerprint density at radius 1 is 1.21 bits per heavy atom. The molecule has 8 heteroatoms. The number of rotatable bonds is 6. The maximum Gasteiger partial charge on any atom is 0.262 e. The summed E-state index contributed by atoms with van der Waals surface area (Å²) in [4.78, 5) is 31.5. The molecular weight excluding hydrogens is 450 g/mol. The highest BCUT2D eigenvalue weighted by atomic mass is 32.1. The van der Waals surface area contributed by atoms with E-state index in [9.17, 15) is 9.59 Å². The van der Waals surface area contributed by atoms with Crippen LogP contribution in [0.4, 0.5) is 0 Å². The molecule has 2 aromatic heterocycles. The molecule has 1 aliphatic heterocycles. The second-order valence-corrected chi connectivity index (χ2v) is 8.71. The molecule has 0 unspecified atom stereocenters. The molecule has 0 radical (unpaired) electrons. The molecule has 1 amide bonds. The molecule has 1 saturated heterocycles. The largest absolute Gasteiger partial charge is 0.494 e. The number of hydrogen-bond acceptors (Lipinski definition) is 5. The Labute approximate surface area is 201 Å². The number of H-pyrrole nitrogens is 1. The third-order valence-corrected chi connectivity index (χ3v) is 6.53. The van der Waals surface area contributed by atoms with Crippen molar-refractivity contribution in [2.45, 2.75) is 32.4 Å². The van der Waals surface area contributed by atoms with Gasteiger partial charge in [-0.3, -0.25) is 14.2 Å². The number of furan rings is 1. The quantitative estimate of drug-likeness (QED) is 0.394. The lowest BCUT2D eigenvalue weighted by Crippen LogP contribution is -2.30. The van der Waals surface area contributed by atoms with Gasteiger partial charge in [-0.1, -0.05) is 12.1 Å². The minimum atomic E-state index is -0.220. The summed E-state index contributed by atoms with van der Waals surface area (Å²) < 4.78 is 12.6. The molecule has 174 valence electrons. The molecule has 1 N–H and O–H groups in total. The maximum absolute atomic E-state index is 13.5. The number of carbonyl (C=O) groups excluding carboxylic acids is 1. The smallest absolute Gasteiger partial charge is 0.262 e. The minimum Gasteiger partial charge on any atom is -0.494 e. The molecule has 3 heterocycles. The monoisotopic (exact) mass is 475 g/mol. The Morgan fingerprint density at radius 2 is 2.03 bits per heavy atom. The standard InChI is InChI=1S/C26H25N3O4S/c1-2-32-19-10-7-17(8-11-19)23-6-3-13-28(23)24(30)18-9-12-21-22(15-18)27-26(34)29(25(21)31)16-20-5-4-14-33-20/h4-5,7-12,14-15,23H,2-3,6,13,16H2,1H3,(H,27,34)/t23-/m0/s1. The summed E-state index contributed by atoms with van der Waals surface area (Å²) in [6, 6.07) is 16.7. The summed E-state index contributed by atoms with van der Waals surface area (Å²) in [5.74, 6) is 1.41. The lowest BCUT2D eigenvalue weighted by molar-refractivity contribution is 0.0736. The molecule has 0 saturated carbocycles. The van der Waals surface area contributed by atoms with Gasteiger partial charge in [0.25, 0.3) is 11.5 Å². The summed E-state index contributed by atoms with van der Waals surface area (Å²) in [6.07, 6.45) is 3.41. The third-order valence-electron chi connectivity index (χ3n) is 6.21. The van der Waals surface area contributed by atoms with E-state index in [0.717, 1.165) is 24.2 Å². The molecule has 0 bridgehead atoms. The molecule has 34 heavy (non-hydrogen) atoms. The van der Waals surface area contributed by atoms with Crippen molar-refractivity contribution in [3.05, 3.63) is 92.9 Å². The van der Waals surface area contributed by atoms with Gasteiger partial charge in [-0.05, 0) is 80.0 Å². The fraction of sp³-hybridized carbons (Fsp3) is 0.269. The van der Waals surface area contributed by atoms with E-state index in [1.165, 1.54) is 4.57 Å². The number of nitrogens with one attached hydrogen (secondary N) is 1. The van der Waals surface area contributed by atoms with Crippen LogP contribution in [0.2, 0.25) is 0 Å². The Kier molecular flexibility index (Phi) is 6.06. The van der Waals surface area contributed by atoms with Gasteiger partial charge in [-0.15, -0.1) is 0 Å². The highest BCUT2D eigenvalue weighted by Gasteiger charge is 2.30. The highest BCUT2D eigenvalue weighted by Crippen LogP contribution is 2.34. The number of carbonyl (C=O) groups is 1. The van der Waals surface area contributed by atoms with Gasteiger partial charge in [0.05, 0.1) is 36.4 Å². The van der Waals surface area contributed by atoms with Gasteiger partial charge in [0.15, 0.2) is 4.77 Å². The Hall–Kier alpha value is -3.65. The molecule has 2 aromatic carbocycles. The van der Waals surface area contributed by atoms with Crippen LogP contribution in [0.5, 0.6) is 5.75 Å². The summed E-state index contributed by atoms with van der Waals surface area (Å²) in [7, 11) is 0. The fourth-order valence-corrected chi connectivity index (χ4v) is 4.82. The van der Waals surface area contributed by atoms with E-state index in [1.54, 1.807) is 36.6 Å². The van der Waals surface area contributed by atoms with Crippen molar-refractivity contribution in [1.82, 2.24) is 14.5 Å². The molecule has 0 aliphatic carbocycles. The van der Waals surface area contributed by atoms with Crippen LogP contribution in [0.15, 0.2) is 70.1 Å². The van der Waals surface area contributed by atoms with Gasteiger partial charge in [-0.2, -0.15) is 0 Å². The lowest BCUT2D eigenvalue weighted by atomic mass is 10.0. The Bertz CT molecular complexity index is 1440. The first-order chi connectivity index (χ1) is 16.5. The molecule has 4 aromatic rings. The van der Waals surface area contributed by atoms with E-state index < -0.39 is 0 Å². The van der Waals surface area contributed by atoms with E-state index in [-0.39, 0.29) is 28.8 Å². The average Bonchev–Trinajstić information content (AvgIpc) is 3.54. The van der Waals surface area contributed by atoms with Gasteiger partial charge >= 0.3 is 0 Å². The van der Waals surface area contributed by atoms with Crippen LogP contribution in [-0.2, 0) is 6.54 Å². The predicted molar refractivity (Wildman–Crippen MR) is 132 cm³/mol. The summed E-state index contributed by atoms with van der Waals surface area (Å²) in [5, 5.41) is 0.473. The van der Waals surface area contributed by atoms with Gasteiger partial charge in [0.2, 0.25) is 0 Å². The molecule has 7 nitrogen and oxygen atoms in total. The summed E-state index contributed by atoms with van der Waals surface area (Å²) in [5.41, 5.74) is 1.95. The van der Waals surface area contributed by atoms with Crippen molar-refractivity contribution >= 4 is 29.0 Å². The van der Waals surface area contributed by atoms with Crippen LogP contribution >= 0.6 is 12.2 Å². The van der Waals surface area contributed by atoms with Crippen LogP contribution in [0.1, 0.15) is 47.5 Å². The minimum absolute atomic E-state index is 0.0127. The van der Waals surface area contributed by atoms with Crippen molar-refractivity contribution in [2.24, 2.45) is 0 Å². The Balaban J connectivity index is 1.43. The zero-order chi connectivity index (χ0) is 23.7. The van der Waals surface area contributed by atoms with Gasteiger partial charge in [0, 0.05) is 12.1 Å². The number of nitrogens with zero attached hydrogens (tertiary/aromatic N) is 2. The normalized spacial score (nSPS) is 15.7. The van der Waals surface area contributed by atoms with E-state index in [0.29, 0.717) is 35.4 Å². The Morgan fingerprint density at radius 3 is 2.76 bits per heavy atom. The summed E-state index contributed by atoms with van der Waals surface area (Å²) >= 11 is 5.43. The third kappa shape index (κ3) is 4.17. The zero-order valence-electron chi connectivity index (χ0n) is 18.8. The molecule has 1 atom stereocenters. The fourth-order valence-electron chi connectivity index (χ4n) is 4.56. The van der Waals surface area contributed by atoms with E-state index >= 15 is 0 Å². The van der Waals surface area contributed by atoms with Crippen molar-refractivity contribution < 1.29 is 13.9 Å². The van der Waals surface area contributed by atoms with Gasteiger partial charge in [-0.25, -0.2) is 0 Å². The van der Waals surface area contributed by atoms with Crippen LogP contribution < -0.4 is 10.3 Å². The van der Waals surface area contributed by atoms with Gasteiger partial charge in [0.1, 0.15) is 11.5 Å². The molecule has 0 spiro atoms. The maximum atomic E-state index is 13.5. The van der Waals surface area contributed by atoms with Crippen LogP contribution in [0.3, 0.4) is 0 Å². The molecule has 5 rings (SSSR count). The highest BCUT2D eigenvalue weighted by molar-refractivity contribution is 7.71. The van der Waals surface area contributed by atoms with E-state index in [4.69, 9.17) is 21.4 Å². The van der Waals surface area contributed by atoms with Crippen molar-refractivity contribution in [2.75, 3.05) is 13.2 Å².